The molecule has 0 aliphatic heterocycles. The highest BCUT2D eigenvalue weighted by atomic mass is 35.5. The summed E-state index contributed by atoms with van der Waals surface area (Å²) in [6, 6.07) is 5.35. The van der Waals surface area contributed by atoms with Crippen LogP contribution in [-0.2, 0) is 11.2 Å². The smallest absolute Gasteiger partial charge is 0.181 e. The van der Waals surface area contributed by atoms with Crippen LogP contribution in [0, 0.1) is 6.92 Å². The zero-order valence-corrected chi connectivity index (χ0v) is 8.45. The molecule has 0 heterocycles. The maximum Gasteiger partial charge on any atom is 0.181 e. The van der Waals surface area contributed by atoms with Crippen LogP contribution in [0.5, 0.6) is 0 Å². The first-order valence-electron chi connectivity index (χ1n) is 4.09. The van der Waals surface area contributed by atoms with E-state index in [1.54, 1.807) is 12.1 Å². The molecule has 0 aromatic heterocycles. The average Bonchev–Trinajstić information content (AvgIpc) is 2.12. The second-order valence-corrected chi connectivity index (χ2v) is 3.39. The largest absolute Gasteiger partial charge is 0.411 e. The lowest BCUT2D eigenvalue weighted by atomic mass is 10.0. The van der Waals surface area contributed by atoms with Crippen LogP contribution in [0.2, 0.25) is 5.02 Å². The van der Waals surface area contributed by atoms with Crippen LogP contribution in [0.1, 0.15) is 11.1 Å². The Hall–Kier alpha value is -1.35. The Balaban J connectivity index is 2.85. The third kappa shape index (κ3) is 2.85. The van der Waals surface area contributed by atoms with E-state index in [-0.39, 0.29) is 12.2 Å². The number of benzene rings is 1. The van der Waals surface area contributed by atoms with Crippen LogP contribution >= 0.6 is 11.6 Å². The first-order chi connectivity index (χ1) is 6.63. The molecule has 0 radical (unpaired) electrons. The molecule has 0 amide bonds. The lowest BCUT2D eigenvalue weighted by molar-refractivity contribution is -0.112. The summed E-state index contributed by atoms with van der Waals surface area (Å²) in [5.74, 6) is -0.252. The predicted octanol–water partition coefficient (Wildman–Crippen LogP) is 2.22. The second kappa shape index (κ2) is 4.77. The van der Waals surface area contributed by atoms with E-state index in [9.17, 15) is 4.79 Å². The molecule has 0 aliphatic rings. The Kier molecular flexibility index (Phi) is 3.65. The minimum atomic E-state index is -0.252. The number of nitrogens with zero attached hydrogens (tertiary/aromatic N) is 1. The van der Waals surface area contributed by atoms with Gasteiger partial charge in [-0.05, 0) is 30.2 Å². The number of halogens is 1. The Morgan fingerprint density at radius 3 is 3.00 bits per heavy atom. The number of carbonyl (C=O) groups is 1. The molecule has 4 heteroatoms. The van der Waals surface area contributed by atoms with Crippen LogP contribution in [0.3, 0.4) is 0 Å². The fourth-order valence-electron chi connectivity index (χ4n) is 1.13. The number of oxime groups is 1. The normalized spacial score (nSPS) is 10.7. The van der Waals surface area contributed by atoms with Gasteiger partial charge in [-0.25, -0.2) is 0 Å². The van der Waals surface area contributed by atoms with E-state index in [4.69, 9.17) is 16.8 Å². The third-order valence-electron chi connectivity index (χ3n) is 1.88. The van der Waals surface area contributed by atoms with Crippen molar-refractivity contribution in [1.29, 1.82) is 0 Å². The standard InChI is InChI=1S/C10H10ClNO2/c1-7-2-3-9(11)4-8(7)5-10(13)6-12-14/h2-4,6,14H,5H2,1H3/b12-6+. The van der Waals surface area contributed by atoms with Gasteiger partial charge in [-0.3, -0.25) is 4.79 Å². The van der Waals surface area contributed by atoms with Gasteiger partial charge in [0.15, 0.2) is 5.78 Å². The molecule has 0 fully saturated rings. The van der Waals surface area contributed by atoms with Crippen molar-refractivity contribution >= 4 is 23.6 Å². The topological polar surface area (TPSA) is 49.7 Å². The van der Waals surface area contributed by atoms with Gasteiger partial charge in [-0.1, -0.05) is 22.8 Å². The molecule has 0 saturated carbocycles. The van der Waals surface area contributed by atoms with Gasteiger partial charge < -0.3 is 5.21 Å². The number of aryl methyl sites for hydroxylation is 1. The maximum absolute atomic E-state index is 11.1. The van der Waals surface area contributed by atoms with E-state index in [1.807, 2.05) is 13.0 Å². The van der Waals surface area contributed by atoms with E-state index < -0.39 is 0 Å². The maximum atomic E-state index is 11.1. The van der Waals surface area contributed by atoms with Gasteiger partial charge in [0.05, 0.1) is 0 Å². The average molecular weight is 212 g/mol. The quantitative estimate of drug-likeness (QED) is 0.474. The molecule has 1 aromatic carbocycles. The number of hydrogen-bond donors (Lipinski definition) is 1. The third-order valence-corrected chi connectivity index (χ3v) is 2.11. The van der Waals surface area contributed by atoms with E-state index in [0.29, 0.717) is 5.02 Å². The molecule has 0 atom stereocenters. The summed E-state index contributed by atoms with van der Waals surface area (Å²) in [6.07, 6.45) is 1.09. The summed E-state index contributed by atoms with van der Waals surface area (Å²) in [6.45, 7) is 1.90. The Morgan fingerprint density at radius 2 is 2.36 bits per heavy atom. The molecule has 3 nitrogen and oxygen atoms in total. The molecule has 0 bridgehead atoms. The summed E-state index contributed by atoms with van der Waals surface area (Å²) < 4.78 is 0. The SMILES string of the molecule is Cc1ccc(Cl)cc1CC(=O)/C=N/O. The first kappa shape index (κ1) is 10.7. The predicted molar refractivity (Wildman–Crippen MR) is 55.2 cm³/mol. The summed E-state index contributed by atoms with van der Waals surface area (Å²) in [5, 5.41) is 11.4. The zero-order valence-electron chi connectivity index (χ0n) is 7.70. The monoisotopic (exact) mass is 211 g/mol. The first-order valence-corrected chi connectivity index (χ1v) is 4.46. The molecule has 0 unspecified atom stereocenters. The molecule has 14 heavy (non-hydrogen) atoms. The zero-order chi connectivity index (χ0) is 10.6. The minimum absolute atomic E-state index is 0.205. The number of hydrogen-bond acceptors (Lipinski definition) is 3. The van der Waals surface area contributed by atoms with Crippen LogP contribution in [0.25, 0.3) is 0 Å². The van der Waals surface area contributed by atoms with Gasteiger partial charge in [0, 0.05) is 11.4 Å². The van der Waals surface area contributed by atoms with Gasteiger partial charge in [0.1, 0.15) is 6.21 Å². The number of ketones is 1. The summed E-state index contributed by atoms with van der Waals surface area (Å²) >= 11 is 5.78. The van der Waals surface area contributed by atoms with Gasteiger partial charge in [0.25, 0.3) is 0 Å². The molecule has 0 aliphatic carbocycles. The molecular weight excluding hydrogens is 202 g/mol. The molecule has 74 valence electrons. The van der Waals surface area contributed by atoms with Crippen LogP contribution < -0.4 is 0 Å². The lowest BCUT2D eigenvalue weighted by Gasteiger charge is -2.03. The van der Waals surface area contributed by atoms with Crippen molar-refractivity contribution in [3.63, 3.8) is 0 Å². The fourth-order valence-corrected chi connectivity index (χ4v) is 1.32. The van der Waals surface area contributed by atoms with Crippen LogP contribution in [-0.4, -0.2) is 17.2 Å². The van der Waals surface area contributed by atoms with Gasteiger partial charge in [-0.15, -0.1) is 0 Å². The summed E-state index contributed by atoms with van der Waals surface area (Å²) in [5.41, 5.74) is 1.84. The number of Topliss-reactive ketones (excluding diaryl/α,β-unsaturated/α-hetero) is 1. The van der Waals surface area contributed by atoms with Crippen LogP contribution in [0.4, 0.5) is 0 Å². The highest BCUT2D eigenvalue weighted by Gasteiger charge is 2.04. The van der Waals surface area contributed by atoms with E-state index in [0.717, 1.165) is 17.3 Å². The van der Waals surface area contributed by atoms with Crippen molar-refractivity contribution in [3.05, 3.63) is 34.3 Å². The molecule has 1 aromatic rings. The van der Waals surface area contributed by atoms with E-state index in [1.165, 1.54) is 0 Å². The highest BCUT2D eigenvalue weighted by Crippen LogP contribution is 2.15. The fraction of sp³-hybridized carbons (Fsp3) is 0.200. The van der Waals surface area contributed by atoms with Crippen molar-refractivity contribution in [2.75, 3.05) is 0 Å². The Morgan fingerprint density at radius 1 is 1.64 bits per heavy atom. The van der Waals surface area contributed by atoms with Crippen molar-refractivity contribution in [2.45, 2.75) is 13.3 Å². The molecule has 1 N–H and O–H groups in total. The Bertz CT molecular complexity index is 374. The van der Waals surface area contributed by atoms with E-state index >= 15 is 0 Å². The van der Waals surface area contributed by atoms with Gasteiger partial charge in [0.2, 0.25) is 0 Å². The number of rotatable bonds is 3. The van der Waals surface area contributed by atoms with Crippen LogP contribution in [0.15, 0.2) is 23.4 Å². The van der Waals surface area contributed by atoms with Crippen molar-refractivity contribution in [1.82, 2.24) is 0 Å². The molecular formula is C10H10ClNO2. The minimum Gasteiger partial charge on any atom is -0.411 e. The second-order valence-electron chi connectivity index (χ2n) is 2.96. The van der Waals surface area contributed by atoms with Crippen molar-refractivity contribution in [3.8, 4) is 0 Å². The van der Waals surface area contributed by atoms with Crippen molar-refractivity contribution < 1.29 is 10.0 Å². The molecule has 0 saturated heterocycles. The number of carbonyl (C=O) groups excluding carboxylic acids is 1. The highest BCUT2D eigenvalue weighted by molar-refractivity contribution is 6.31. The van der Waals surface area contributed by atoms with E-state index in [2.05, 4.69) is 5.16 Å². The Labute approximate surface area is 87.0 Å². The summed E-state index contributed by atoms with van der Waals surface area (Å²) in [7, 11) is 0. The molecule has 0 spiro atoms. The van der Waals surface area contributed by atoms with Gasteiger partial charge >= 0.3 is 0 Å². The summed E-state index contributed by atoms with van der Waals surface area (Å²) in [4.78, 5) is 11.1. The molecule has 1 rings (SSSR count). The van der Waals surface area contributed by atoms with Gasteiger partial charge in [-0.2, -0.15) is 0 Å². The van der Waals surface area contributed by atoms with Crippen molar-refractivity contribution in [2.24, 2.45) is 5.16 Å². The lowest BCUT2D eigenvalue weighted by Crippen LogP contribution is -2.05.